The number of aliphatic hydroxyl groups is 1. The van der Waals surface area contributed by atoms with E-state index in [9.17, 15) is 5.11 Å². The van der Waals surface area contributed by atoms with E-state index in [1.807, 2.05) is 24.3 Å². The largest absolute Gasteiger partial charge is 0.389 e. The van der Waals surface area contributed by atoms with Gasteiger partial charge in [0.2, 0.25) is 0 Å². The predicted molar refractivity (Wildman–Crippen MR) is 72.3 cm³/mol. The van der Waals surface area contributed by atoms with Crippen molar-refractivity contribution in [2.45, 2.75) is 39.2 Å². The van der Waals surface area contributed by atoms with Crippen LogP contribution in [0, 0.1) is 5.41 Å². The van der Waals surface area contributed by atoms with Crippen LogP contribution in [0.1, 0.15) is 32.3 Å². The third-order valence-corrected chi connectivity index (χ3v) is 3.64. The quantitative estimate of drug-likeness (QED) is 0.787. The summed E-state index contributed by atoms with van der Waals surface area (Å²) in [5.41, 5.74) is 2.62. The molecular formula is C15H19ClO. The summed E-state index contributed by atoms with van der Waals surface area (Å²) in [7, 11) is 0. The van der Waals surface area contributed by atoms with Crippen molar-refractivity contribution in [2.24, 2.45) is 5.41 Å². The van der Waals surface area contributed by atoms with E-state index in [0.717, 1.165) is 29.8 Å². The van der Waals surface area contributed by atoms with Gasteiger partial charge in [-0.15, -0.1) is 0 Å². The standard InChI is InChI=1S/C15H19ClO/c1-15(2)9-11(8-13(17)10-15)7-12-5-3-4-6-14(12)16/h3-6,8,13,17H,7,9-10H2,1-2H3. The zero-order valence-electron chi connectivity index (χ0n) is 10.4. The Morgan fingerprint density at radius 1 is 1.35 bits per heavy atom. The lowest BCUT2D eigenvalue weighted by Gasteiger charge is -2.32. The fourth-order valence-corrected chi connectivity index (χ4v) is 2.85. The minimum absolute atomic E-state index is 0.185. The van der Waals surface area contributed by atoms with Crippen LogP contribution in [0.25, 0.3) is 0 Å². The highest BCUT2D eigenvalue weighted by molar-refractivity contribution is 6.31. The average Bonchev–Trinajstić information content (AvgIpc) is 2.18. The van der Waals surface area contributed by atoms with Gasteiger partial charge in [-0.1, -0.05) is 55.3 Å². The maximum atomic E-state index is 9.85. The Hall–Kier alpha value is -0.790. The van der Waals surface area contributed by atoms with Crippen LogP contribution in [0.5, 0.6) is 0 Å². The normalized spacial score (nSPS) is 23.3. The van der Waals surface area contributed by atoms with Gasteiger partial charge in [0.05, 0.1) is 6.10 Å². The molecule has 0 bridgehead atoms. The molecule has 1 unspecified atom stereocenters. The lowest BCUT2D eigenvalue weighted by Crippen LogP contribution is -2.25. The first-order valence-corrected chi connectivity index (χ1v) is 6.45. The van der Waals surface area contributed by atoms with E-state index in [-0.39, 0.29) is 11.5 Å². The molecule has 92 valence electrons. The van der Waals surface area contributed by atoms with E-state index in [4.69, 9.17) is 11.6 Å². The van der Waals surface area contributed by atoms with Gasteiger partial charge in [0.25, 0.3) is 0 Å². The van der Waals surface area contributed by atoms with Crippen molar-refractivity contribution in [1.29, 1.82) is 0 Å². The van der Waals surface area contributed by atoms with E-state index in [1.54, 1.807) is 0 Å². The molecule has 0 aromatic heterocycles. The second kappa shape index (κ2) is 4.83. The first kappa shape index (κ1) is 12.7. The lowest BCUT2D eigenvalue weighted by molar-refractivity contribution is 0.138. The molecule has 2 rings (SSSR count). The van der Waals surface area contributed by atoms with Gasteiger partial charge in [0, 0.05) is 5.02 Å². The summed E-state index contributed by atoms with van der Waals surface area (Å²) in [5, 5.41) is 10.7. The molecule has 1 aromatic carbocycles. The summed E-state index contributed by atoms with van der Waals surface area (Å²) in [6.07, 6.45) is 4.42. The molecule has 0 heterocycles. The second-order valence-electron chi connectivity index (χ2n) is 5.71. The molecule has 2 heteroatoms. The summed E-state index contributed by atoms with van der Waals surface area (Å²) in [4.78, 5) is 0. The molecule has 0 aliphatic heterocycles. The van der Waals surface area contributed by atoms with E-state index in [0.29, 0.717) is 0 Å². The molecule has 0 fully saturated rings. The molecule has 17 heavy (non-hydrogen) atoms. The molecule has 1 nitrogen and oxygen atoms in total. The van der Waals surface area contributed by atoms with Gasteiger partial charge in [-0.2, -0.15) is 0 Å². The number of hydrogen-bond acceptors (Lipinski definition) is 1. The summed E-state index contributed by atoms with van der Waals surface area (Å²) < 4.78 is 0. The molecule has 0 saturated heterocycles. The van der Waals surface area contributed by atoms with Gasteiger partial charge in [-0.05, 0) is 36.3 Å². The molecule has 1 aliphatic carbocycles. The third kappa shape index (κ3) is 3.34. The van der Waals surface area contributed by atoms with Crippen LogP contribution in [0.15, 0.2) is 35.9 Å². The van der Waals surface area contributed by atoms with Crippen molar-refractivity contribution in [3.63, 3.8) is 0 Å². The number of halogens is 1. The fourth-order valence-electron chi connectivity index (χ4n) is 2.65. The smallest absolute Gasteiger partial charge is 0.0728 e. The summed E-state index contributed by atoms with van der Waals surface area (Å²) in [5.74, 6) is 0. The molecule has 0 amide bonds. The Morgan fingerprint density at radius 2 is 2.06 bits per heavy atom. The van der Waals surface area contributed by atoms with Crippen molar-refractivity contribution in [1.82, 2.24) is 0 Å². The Bertz CT molecular complexity index is 434. The van der Waals surface area contributed by atoms with E-state index in [2.05, 4.69) is 19.9 Å². The Labute approximate surface area is 108 Å². The number of rotatable bonds is 2. The van der Waals surface area contributed by atoms with Crippen molar-refractivity contribution < 1.29 is 5.11 Å². The number of allylic oxidation sites excluding steroid dienone is 1. The average molecular weight is 251 g/mol. The topological polar surface area (TPSA) is 20.2 Å². The van der Waals surface area contributed by atoms with Gasteiger partial charge in [0.1, 0.15) is 0 Å². The molecule has 1 aromatic rings. The van der Waals surface area contributed by atoms with Crippen LogP contribution in [0.4, 0.5) is 0 Å². The van der Waals surface area contributed by atoms with Crippen molar-refractivity contribution >= 4 is 11.6 Å². The number of benzene rings is 1. The summed E-state index contributed by atoms with van der Waals surface area (Å²) >= 11 is 6.16. The first-order chi connectivity index (χ1) is 7.96. The molecule has 1 aliphatic rings. The maximum Gasteiger partial charge on any atom is 0.0728 e. The Kier molecular flexibility index (Phi) is 3.60. The Morgan fingerprint density at radius 3 is 2.71 bits per heavy atom. The van der Waals surface area contributed by atoms with Crippen LogP contribution in [0.3, 0.4) is 0 Å². The van der Waals surface area contributed by atoms with Crippen LogP contribution in [0.2, 0.25) is 5.02 Å². The maximum absolute atomic E-state index is 9.85. The van der Waals surface area contributed by atoms with Gasteiger partial charge < -0.3 is 5.11 Å². The van der Waals surface area contributed by atoms with Gasteiger partial charge in [-0.25, -0.2) is 0 Å². The highest BCUT2D eigenvalue weighted by atomic mass is 35.5. The zero-order chi connectivity index (χ0) is 12.5. The van der Waals surface area contributed by atoms with Crippen molar-refractivity contribution in [3.8, 4) is 0 Å². The number of aliphatic hydroxyl groups excluding tert-OH is 1. The van der Waals surface area contributed by atoms with Crippen LogP contribution >= 0.6 is 11.6 Å². The van der Waals surface area contributed by atoms with Gasteiger partial charge in [0.15, 0.2) is 0 Å². The molecule has 0 radical (unpaired) electrons. The second-order valence-corrected chi connectivity index (χ2v) is 6.11. The third-order valence-electron chi connectivity index (χ3n) is 3.27. The van der Waals surface area contributed by atoms with Crippen molar-refractivity contribution in [3.05, 3.63) is 46.5 Å². The predicted octanol–water partition coefficient (Wildman–Crippen LogP) is 3.99. The molecule has 0 spiro atoms. The van der Waals surface area contributed by atoms with E-state index >= 15 is 0 Å². The van der Waals surface area contributed by atoms with Gasteiger partial charge in [-0.3, -0.25) is 0 Å². The first-order valence-electron chi connectivity index (χ1n) is 6.07. The molecule has 1 atom stereocenters. The number of hydrogen-bond donors (Lipinski definition) is 1. The minimum atomic E-state index is -0.309. The Balaban J connectivity index is 2.17. The summed E-state index contributed by atoms with van der Waals surface area (Å²) in [6.45, 7) is 4.41. The van der Waals surface area contributed by atoms with Gasteiger partial charge >= 0.3 is 0 Å². The fraction of sp³-hybridized carbons (Fsp3) is 0.467. The SMILES string of the molecule is CC1(C)CC(Cc2ccccc2Cl)=CC(O)C1. The van der Waals surface area contributed by atoms with E-state index in [1.165, 1.54) is 5.57 Å². The highest BCUT2D eigenvalue weighted by Crippen LogP contribution is 2.37. The lowest BCUT2D eigenvalue weighted by atomic mass is 9.75. The zero-order valence-corrected chi connectivity index (χ0v) is 11.2. The minimum Gasteiger partial charge on any atom is -0.389 e. The van der Waals surface area contributed by atoms with Crippen LogP contribution < -0.4 is 0 Å². The van der Waals surface area contributed by atoms with Crippen LogP contribution in [-0.2, 0) is 6.42 Å². The molecule has 0 saturated carbocycles. The van der Waals surface area contributed by atoms with Crippen LogP contribution in [-0.4, -0.2) is 11.2 Å². The molecule has 1 N–H and O–H groups in total. The highest BCUT2D eigenvalue weighted by Gasteiger charge is 2.27. The summed E-state index contributed by atoms with van der Waals surface area (Å²) in [6, 6.07) is 7.92. The van der Waals surface area contributed by atoms with E-state index < -0.39 is 0 Å². The molecular weight excluding hydrogens is 232 g/mol. The monoisotopic (exact) mass is 250 g/mol. The van der Waals surface area contributed by atoms with Crippen molar-refractivity contribution in [2.75, 3.05) is 0 Å².